The van der Waals surface area contributed by atoms with Crippen molar-refractivity contribution in [2.24, 2.45) is 5.41 Å². The molecule has 0 aromatic heterocycles. The van der Waals surface area contributed by atoms with Crippen LogP contribution in [-0.2, 0) is 9.63 Å². The van der Waals surface area contributed by atoms with Crippen molar-refractivity contribution >= 4 is 5.91 Å². The molecule has 1 saturated heterocycles. The van der Waals surface area contributed by atoms with E-state index in [4.69, 9.17) is 0 Å². The van der Waals surface area contributed by atoms with Crippen molar-refractivity contribution in [2.45, 2.75) is 26.2 Å². The Morgan fingerprint density at radius 3 is 2.62 bits per heavy atom. The number of hydrogen-bond donors (Lipinski definition) is 2. The average Bonchev–Trinajstić information content (AvgIpc) is 2.19. The maximum absolute atomic E-state index is 11.7. The molecule has 1 aliphatic heterocycles. The van der Waals surface area contributed by atoms with Gasteiger partial charge in [-0.25, -0.2) is 5.48 Å². The van der Waals surface area contributed by atoms with Gasteiger partial charge in [0, 0.05) is 0 Å². The number of carbonyl (C=O) groups excluding carboxylic acids is 1. The minimum absolute atomic E-state index is 0.0269. The molecule has 0 aromatic rings. The molecule has 0 atom stereocenters. The summed E-state index contributed by atoms with van der Waals surface area (Å²) in [4.78, 5) is 16.4. The summed E-state index contributed by atoms with van der Waals surface area (Å²) in [6.45, 7) is 3.90. The maximum Gasteiger partial charge on any atom is 0.249 e. The van der Waals surface area contributed by atoms with Crippen molar-refractivity contribution in [3.8, 4) is 0 Å². The Labute approximate surface area is 79.0 Å². The van der Waals surface area contributed by atoms with Gasteiger partial charge in [0.1, 0.15) is 0 Å². The van der Waals surface area contributed by atoms with E-state index in [9.17, 15) is 4.79 Å². The molecule has 4 nitrogen and oxygen atoms in total. The van der Waals surface area contributed by atoms with Gasteiger partial charge < -0.3 is 5.32 Å². The van der Waals surface area contributed by atoms with Crippen LogP contribution in [0.3, 0.4) is 0 Å². The van der Waals surface area contributed by atoms with E-state index >= 15 is 0 Å². The van der Waals surface area contributed by atoms with E-state index in [0.717, 1.165) is 32.4 Å². The van der Waals surface area contributed by atoms with Crippen LogP contribution in [0.5, 0.6) is 0 Å². The Balaban J connectivity index is 2.61. The van der Waals surface area contributed by atoms with Gasteiger partial charge in [0.2, 0.25) is 5.91 Å². The van der Waals surface area contributed by atoms with Gasteiger partial charge in [-0.1, -0.05) is 6.92 Å². The molecule has 1 aliphatic rings. The molecule has 1 heterocycles. The minimum Gasteiger partial charge on any atom is -0.317 e. The van der Waals surface area contributed by atoms with Crippen molar-refractivity contribution in [3.05, 3.63) is 0 Å². The zero-order chi connectivity index (χ0) is 9.73. The number of hydroxylamine groups is 1. The van der Waals surface area contributed by atoms with E-state index < -0.39 is 0 Å². The van der Waals surface area contributed by atoms with Crippen LogP contribution in [0.25, 0.3) is 0 Å². The quantitative estimate of drug-likeness (QED) is 0.629. The standard InChI is InChI=1S/C9H18N2O2/c1-3-9(8(12)11-13-2)4-6-10-7-5-9/h10H,3-7H2,1-2H3,(H,11,12). The molecule has 13 heavy (non-hydrogen) atoms. The number of rotatable bonds is 3. The summed E-state index contributed by atoms with van der Waals surface area (Å²) in [6, 6.07) is 0. The summed E-state index contributed by atoms with van der Waals surface area (Å²) in [5.41, 5.74) is 2.23. The fourth-order valence-electron chi connectivity index (χ4n) is 1.85. The lowest BCUT2D eigenvalue weighted by Crippen LogP contribution is -2.47. The summed E-state index contributed by atoms with van der Waals surface area (Å²) < 4.78 is 0. The highest BCUT2D eigenvalue weighted by atomic mass is 16.6. The van der Waals surface area contributed by atoms with Crippen LogP contribution in [0, 0.1) is 5.41 Å². The molecular formula is C9H18N2O2. The Morgan fingerprint density at radius 1 is 1.54 bits per heavy atom. The Morgan fingerprint density at radius 2 is 2.15 bits per heavy atom. The lowest BCUT2D eigenvalue weighted by molar-refractivity contribution is -0.143. The molecule has 0 aromatic carbocycles. The molecule has 4 heteroatoms. The average molecular weight is 186 g/mol. The Hall–Kier alpha value is -0.610. The normalized spacial score (nSPS) is 21.1. The second-order valence-corrected chi connectivity index (χ2v) is 3.52. The van der Waals surface area contributed by atoms with Gasteiger partial charge in [-0.15, -0.1) is 0 Å². The van der Waals surface area contributed by atoms with Crippen LogP contribution in [0.4, 0.5) is 0 Å². The number of hydrogen-bond acceptors (Lipinski definition) is 3. The zero-order valence-corrected chi connectivity index (χ0v) is 8.35. The number of amides is 1. The minimum atomic E-state index is -0.207. The fraction of sp³-hybridized carbons (Fsp3) is 0.889. The number of piperidine rings is 1. The molecule has 0 spiro atoms. The highest BCUT2D eigenvalue weighted by molar-refractivity contribution is 5.81. The van der Waals surface area contributed by atoms with Crippen molar-refractivity contribution < 1.29 is 9.63 Å². The summed E-state index contributed by atoms with van der Waals surface area (Å²) in [6.07, 6.45) is 2.68. The topological polar surface area (TPSA) is 50.4 Å². The highest BCUT2D eigenvalue weighted by Crippen LogP contribution is 2.32. The van der Waals surface area contributed by atoms with Crippen LogP contribution < -0.4 is 10.8 Å². The molecule has 0 unspecified atom stereocenters. The molecule has 1 rings (SSSR count). The second kappa shape index (κ2) is 4.58. The molecule has 0 bridgehead atoms. The van der Waals surface area contributed by atoms with Gasteiger partial charge in [0.15, 0.2) is 0 Å². The number of carbonyl (C=O) groups is 1. The first-order valence-electron chi connectivity index (χ1n) is 4.79. The van der Waals surface area contributed by atoms with Crippen LogP contribution in [-0.4, -0.2) is 26.1 Å². The van der Waals surface area contributed by atoms with Crippen LogP contribution in [0.1, 0.15) is 26.2 Å². The van der Waals surface area contributed by atoms with Crippen molar-refractivity contribution in [3.63, 3.8) is 0 Å². The summed E-state index contributed by atoms with van der Waals surface area (Å²) in [5, 5.41) is 3.25. The molecule has 1 fully saturated rings. The summed E-state index contributed by atoms with van der Waals surface area (Å²) in [5.74, 6) is 0.0269. The second-order valence-electron chi connectivity index (χ2n) is 3.52. The first kappa shape index (κ1) is 10.5. The predicted molar refractivity (Wildman–Crippen MR) is 50.0 cm³/mol. The number of nitrogens with one attached hydrogen (secondary N) is 2. The monoisotopic (exact) mass is 186 g/mol. The van der Waals surface area contributed by atoms with Crippen LogP contribution in [0.2, 0.25) is 0 Å². The predicted octanol–water partition coefficient (Wildman–Crippen LogP) is 0.444. The summed E-state index contributed by atoms with van der Waals surface area (Å²) >= 11 is 0. The highest BCUT2D eigenvalue weighted by Gasteiger charge is 2.37. The molecular weight excluding hydrogens is 168 g/mol. The Bertz CT molecular complexity index is 176. The van der Waals surface area contributed by atoms with Gasteiger partial charge in [0.05, 0.1) is 12.5 Å². The van der Waals surface area contributed by atoms with E-state index in [1.54, 1.807) is 0 Å². The van der Waals surface area contributed by atoms with Crippen molar-refractivity contribution in [2.75, 3.05) is 20.2 Å². The lowest BCUT2D eigenvalue weighted by Gasteiger charge is -2.34. The van der Waals surface area contributed by atoms with Crippen molar-refractivity contribution in [1.29, 1.82) is 0 Å². The molecule has 76 valence electrons. The SMILES string of the molecule is CCC1(C(=O)NOC)CCNCC1. The van der Waals surface area contributed by atoms with E-state index in [0.29, 0.717) is 0 Å². The van der Waals surface area contributed by atoms with E-state index in [2.05, 4.69) is 22.6 Å². The van der Waals surface area contributed by atoms with Gasteiger partial charge >= 0.3 is 0 Å². The van der Waals surface area contributed by atoms with E-state index in [1.165, 1.54) is 7.11 Å². The Kier molecular flexibility index (Phi) is 3.69. The lowest BCUT2D eigenvalue weighted by atomic mass is 9.76. The zero-order valence-electron chi connectivity index (χ0n) is 8.35. The third-order valence-electron chi connectivity index (χ3n) is 2.91. The van der Waals surface area contributed by atoms with Gasteiger partial charge in [-0.05, 0) is 32.4 Å². The largest absolute Gasteiger partial charge is 0.317 e. The van der Waals surface area contributed by atoms with Gasteiger partial charge in [-0.2, -0.15) is 0 Å². The van der Waals surface area contributed by atoms with E-state index in [1.807, 2.05) is 0 Å². The third kappa shape index (κ3) is 2.19. The smallest absolute Gasteiger partial charge is 0.249 e. The van der Waals surface area contributed by atoms with Crippen molar-refractivity contribution in [1.82, 2.24) is 10.8 Å². The third-order valence-corrected chi connectivity index (χ3v) is 2.91. The summed E-state index contributed by atoms with van der Waals surface area (Å²) in [7, 11) is 1.47. The molecule has 0 aliphatic carbocycles. The van der Waals surface area contributed by atoms with Gasteiger partial charge in [0.25, 0.3) is 0 Å². The molecule has 0 saturated carbocycles. The first-order chi connectivity index (χ1) is 6.25. The van der Waals surface area contributed by atoms with Crippen LogP contribution in [0.15, 0.2) is 0 Å². The fourth-order valence-corrected chi connectivity index (χ4v) is 1.85. The van der Waals surface area contributed by atoms with Crippen LogP contribution >= 0.6 is 0 Å². The van der Waals surface area contributed by atoms with Gasteiger partial charge in [-0.3, -0.25) is 9.63 Å². The maximum atomic E-state index is 11.7. The molecule has 1 amide bonds. The van der Waals surface area contributed by atoms with E-state index in [-0.39, 0.29) is 11.3 Å². The first-order valence-corrected chi connectivity index (χ1v) is 4.79. The molecule has 2 N–H and O–H groups in total. The molecule has 0 radical (unpaired) electrons.